The van der Waals surface area contributed by atoms with Gasteiger partial charge in [0.2, 0.25) is 0 Å². The standard InChI is InChI=1S/C18H17FN3O/c19-14-3-1-2-11(7-14)6-12-8-15(13-4-5-20-10-13)17-16(9-12)21-18(23)22-17/h1-3,7-9,13,20H,4-6,10H2,(H,21,23). The molecule has 1 atom stereocenters. The number of anilines is 1. The molecule has 2 aliphatic rings. The van der Waals surface area contributed by atoms with Crippen molar-refractivity contribution in [2.45, 2.75) is 18.8 Å². The number of urea groups is 1. The molecule has 2 aromatic rings. The van der Waals surface area contributed by atoms with E-state index in [0.29, 0.717) is 12.3 Å². The quantitative estimate of drug-likeness (QED) is 0.914. The molecule has 2 aromatic carbocycles. The lowest BCUT2D eigenvalue weighted by Gasteiger charge is -2.15. The SMILES string of the molecule is O=C1[N]c2c(cc(Cc3cccc(F)c3)cc2C2CCNC2)N1. The Morgan fingerprint density at radius 3 is 2.91 bits per heavy atom. The fourth-order valence-corrected chi connectivity index (χ4v) is 3.40. The van der Waals surface area contributed by atoms with Crippen LogP contribution in [0.5, 0.6) is 0 Å². The van der Waals surface area contributed by atoms with E-state index in [1.807, 2.05) is 12.1 Å². The van der Waals surface area contributed by atoms with E-state index in [1.165, 1.54) is 6.07 Å². The number of nitrogens with one attached hydrogen (secondary N) is 2. The minimum absolute atomic E-state index is 0.229. The monoisotopic (exact) mass is 310 g/mol. The number of benzene rings is 2. The van der Waals surface area contributed by atoms with Gasteiger partial charge in [0, 0.05) is 6.54 Å². The number of hydrogen-bond donors (Lipinski definition) is 2. The van der Waals surface area contributed by atoms with Crippen molar-refractivity contribution in [1.82, 2.24) is 10.6 Å². The molecule has 1 fully saturated rings. The summed E-state index contributed by atoms with van der Waals surface area (Å²) in [4.78, 5) is 11.6. The second-order valence-electron chi connectivity index (χ2n) is 6.12. The molecular weight excluding hydrogens is 293 g/mol. The molecule has 0 bridgehead atoms. The summed E-state index contributed by atoms with van der Waals surface area (Å²) in [6.07, 6.45) is 1.67. The van der Waals surface area contributed by atoms with Gasteiger partial charge >= 0.3 is 6.03 Å². The first-order chi connectivity index (χ1) is 11.2. The highest BCUT2D eigenvalue weighted by Gasteiger charge is 2.28. The van der Waals surface area contributed by atoms with Crippen molar-refractivity contribution in [3.63, 3.8) is 0 Å². The number of fused-ring (bicyclic) bond motifs is 1. The van der Waals surface area contributed by atoms with Crippen molar-refractivity contribution in [1.29, 1.82) is 0 Å². The lowest BCUT2D eigenvalue weighted by molar-refractivity contribution is 0.256. The van der Waals surface area contributed by atoms with Gasteiger partial charge in [-0.1, -0.05) is 18.2 Å². The molecule has 0 aliphatic carbocycles. The molecule has 23 heavy (non-hydrogen) atoms. The highest BCUT2D eigenvalue weighted by atomic mass is 19.1. The molecule has 4 nitrogen and oxygen atoms in total. The first-order valence-electron chi connectivity index (χ1n) is 7.84. The van der Waals surface area contributed by atoms with Gasteiger partial charge < -0.3 is 10.6 Å². The summed E-state index contributed by atoms with van der Waals surface area (Å²) in [5, 5.41) is 10.3. The van der Waals surface area contributed by atoms with Crippen LogP contribution in [-0.4, -0.2) is 19.1 Å². The third kappa shape index (κ3) is 2.80. The second kappa shape index (κ2) is 5.66. The zero-order valence-corrected chi connectivity index (χ0v) is 12.6. The van der Waals surface area contributed by atoms with Gasteiger partial charge in [0.25, 0.3) is 0 Å². The maximum atomic E-state index is 13.4. The Balaban J connectivity index is 1.71. The number of halogens is 1. The molecule has 2 N–H and O–H groups in total. The summed E-state index contributed by atoms with van der Waals surface area (Å²) >= 11 is 0. The van der Waals surface area contributed by atoms with Crippen molar-refractivity contribution in [3.8, 4) is 0 Å². The van der Waals surface area contributed by atoms with Crippen LogP contribution in [0, 0.1) is 5.82 Å². The van der Waals surface area contributed by atoms with Crippen LogP contribution < -0.4 is 16.0 Å². The fraction of sp³-hybridized carbons (Fsp3) is 0.278. The zero-order valence-electron chi connectivity index (χ0n) is 12.6. The van der Waals surface area contributed by atoms with E-state index in [9.17, 15) is 9.18 Å². The number of carbonyl (C=O) groups excluding carboxylic acids is 1. The summed E-state index contributed by atoms with van der Waals surface area (Å²) in [5.74, 6) is 0.139. The first-order valence-corrected chi connectivity index (χ1v) is 7.84. The molecule has 0 spiro atoms. The van der Waals surface area contributed by atoms with Crippen molar-refractivity contribution >= 4 is 17.4 Å². The smallest absolute Gasteiger partial charge is 0.316 e. The van der Waals surface area contributed by atoms with Crippen molar-refractivity contribution in [3.05, 3.63) is 58.9 Å². The third-order valence-corrected chi connectivity index (χ3v) is 4.45. The van der Waals surface area contributed by atoms with Gasteiger partial charge in [-0.15, -0.1) is 0 Å². The van der Waals surface area contributed by atoms with Crippen LogP contribution in [0.15, 0.2) is 36.4 Å². The minimum Gasteiger partial charge on any atom is -0.316 e. The van der Waals surface area contributed by atoms with Gasteiger partial charge in [0.1, 0.15) is 5.82 Å². The highest BCUT2D eigenvalue weighted by molar-refractivity contribution is 6.03. The Morgan fingerprint density at radius 1 is 1.22 bits per heavy atom. The number of carbonyl (C=O) groups is 1. The Bertz CT molecular complexity index is 769. The van der Waals surface area contributed by atoms with Crippen molar-refractivity contribution in [2.75, 3.05) is 18.4 Å². The minimum atomic E-state index is -0.310. The van der Waals surface area contributed by atoms with E-state index in [1.54, 1.807) is 12.1 Å². The molecule has 4 rings (SSSR count). The van der Waals surface area contributed by atoms with Crippen LogP contribution in [-0.2, 0) is 6.42 Å². The van der Waals surface area contributed by atoms with E-state index in [2.05, 4.69) is 22.0 Å². The van der Waals surface area contributed by atoms with Crippen molar-refractivity contribution in [2.24, 2.45) is 0 Å². The van der Waals surface area contributed by atoms with E-state index in [0.717, 1.165) is 47.6 Å². The fourth-order valence-electron chi connectivity index (χ4n) is 3.40. The summed E-state index contributed by atoms with van der Waals surface area (Å²) in [5.41, 5.74) is 4.63. The topological polar surface area (TPSA) is 55.2 Å². The Hall–Kier alpha value is -2.40. The molecule has 2 aliphatic heterocycles. The van der Waals surface area contributed by atoms with E-state index >= 15 is 0 Å². The number of rotatable bonds is 3. The van der Waals surface area contributed by atoms with Crippen molar-refractivity contribution < 1.29 is 9.18 Å². The molecular formula is C18H17FN3O. The average molecular weight is 310 g/mol. The second-order valence-corrected chi connectivity index (χ2v) is 6.12. The predicted octanol–water partition coefficient (Wildman–Crippen LogP) is 3.27. The largest absolute Gasteiger partial charge is 0.346 e. The number of hydrogen-bond acceptors (Lipinski definition) is 2. The first kappa shape index (κ1) is 14.2. The lowest BCUT2D eigenvalue weighted by atomic mass is 9.92. The van der Waals surface area contributed by atoms with Crippen LogP contribution in [0.3, 0.4) is 0 Å². The predicted molar refractivity (Wildman–Crippen MR) is 86.7 cm³/mol. The summed E-state index contributed by atoms with van der Waals surface area (Å²) in [6, 6.07) is 10.4. The molecule has 0 saturated carbocycles. The van der Waals surface area contributed by atoms with Gasteiger partial charge in [-0.05, 0) is 60.2 Å². The molecule has 1 unspecified atom stereocenters. The summed E-state index contributed by atoms with van der Waals surface area (Å²) in [6.45, 7) is 1.88. The molecule has 1 saturated heterocycles. The van der Waals surface area contributed by atoms with E-state index in [4.69, 9.17) is 0 Å². The molecule has 117 valence electrons. The zero-order chi connectivity index (χ0) is 15.8. The van der Waals surface area contributed by atoms with Gasteiger partial charge in [-0.3, -0.25) is 0 Å². The van der Waals surface area contributed by atoms with Crippen LogP contribution in [0.1, 0.15) is 29.0 Å². The van der Waals surface area contributed by atoms with E-state index < -0.39 is 0 Å². The lowest BCUT2D eigenvalue weighted by Crippen LogP contribution is -2.11. The highest BCUT2D eigenvalue weighted by Crippen LogP contribution is 2.39. The molecule has 0 aromatic heterocycles. The molecule has 1 radical (unpaired) electrons. The molecule has 5 heteroatoms. The average Bonchev–Trinajstić information content (AvgIpc) is 3.15. The van der Waals surface area contributed by atoms with Gasteiger partial charge in [-0.25, -0.2) is 9.18 Å². The number of amides is 2. The van der Waals surface area contributed by atoms with E-state index in [-0.39, 0.29) is 11.8 Å². The van der Waals surface area contributed by atoms with Crippen LogP contribution >= 0.6 is 0 Å². The number of nitrogens with zero attached hydrogens (tertiary/aromatic N) is 1. The molecule has 2 amide bonds. The van der Waals surface area contributed by atoms with Gasteiger partial charge in [-0.2, -0.15) is 5.32 Å². The van der Waals surface area contributed by atoms with Crippen LogP contribution in [0.25, 0.3) is 0 Å². The Labute approximate surface area is 134 Å². The Morgan fingerprint density at radius 2 is 2.13 bits per heavy atom. The summed E-state index contributed by atoms with van der Waals surface area (Å²) < 4.78 is 13.4. The maximum absolute atomic E-state index is 13.4. The van der Waals surface area contributed by atoms with Crippen LogP contribution in [0.2, 0.25) is 0 Å². The maximum Gasteiger partial charge on any atom is 0.346 e. The van der Waals surface area contributed by atoms with Gasteiger partial charge in [0.05, 0.1) is 11.4 Å². The van der Waals surface area contributed by atoms with Gasteiger partial charge in [0.15, 0.2) is 0 Å². The summed E-state index contributed by atoms with van der Waals surface area (Å²) in [7, 11) is 0. The Kier molecular flexibility index (Phi) is 3.50. The third-order valence-electron chi connectivity index (χ3n) is 4.45. The normalized spacial score (nSPS) is 19.3. The van der Waals surface area contributed by atoms with Crippen LogP contribution in [0.4, 0.5) is 20.6 Å². The molecule has 2 heterocycles.